The zero-order valence-corrected chi connectivity index (χ0v) is 15.5. The molecule has 0 radical (unpaired) electrons. The van der Waals surface area contributed by atoms with Gasteiger partial charge >= 0.3 is 0 Å². The number of nitrogens with one attached hydrogen (secondary N) is 1. The van der Waals surface area contributed by atoms with Crippen LogP contribution in [0.25, 0.3) is 5.65 Å². The maximum Gasteiger partial charge on any atom is 0.270 e. The van der Waals surface area contributed by atoms with E-state index in [1.807, 2.05) is 13.0 Å². The summed E-state index contributed by atoms with van der Waals surface area (Å²) in [6.45, 7) is 7.38. The molecule has 0 aliphatic carbocycles. The molecule has 1 saturated heterocycles. The van der Waals surface area contributed by atoms with Crippen molar-refractivity contribution in [3.63, 3.8) is 0 Å². The second-order valence-corrected chi connectivity index (χ2v) is 6.45. The quantitative estimate of drug-likeness (QED) is 0.899. The molecule has 0 atom stereocenters. The average molecular weight is 365 g/mol. The van der Waals surface area contributed by atoms with Crippen molar-refractivity contribution in [3.8, 4) is 0 Å². The molecule has 0 bridgehead atoms. The van der Waals surface area contributed by atoms with E-state index in [1.165, 1.54) is 10.6 Å². The van der Waals surface area contributed by atoms with Crippen molar-refractivity contribution in [3.05, 3.63) is 46.0 Å². The van der Waals surface area contributed by atoms with Crippen LogP contribution in [-0.2, 0) is 0 Å². The van der Waals surface area contributed by atoms with Crippen LogP contribution in [0.3, 0.4) is 0 Å². The minimum Gasteiger partial charge on any atom is -0.338 e. The van der Waals surface area contributed by atoms with Gasteiger partial charge in [-0.3, -0.25) is 14.0 Å². The summed E-state index contributed by atoms with van der Waals surface area (Å²) in [5.41, 5.74) is 1.39. The molecule has 2 aromatic heterocycles. The largest absolute Gasteiger partial charge is 0.338 e. The van der Waals surface area contributed by atoms with Gasteiger partial charge in [0, 0.05) is 25.5 Å². The highest BCUT2D eigenvalue weighted by molar-refractivity contribution is 5.93. The number of aryl methyl sites for hydroxylation is 1. The Labute approximate surface area is 153 Å². The molecule has 1 aliphatic rings. The predicted molar refractivity (Wildman–Crippen MR) is 101 cm³/mol. The van der Waals surface area contributed by atoms with Gasteiger partial charge < -0.3 is 10.2 Å². The Morgan fingerprint density at radius 1 is 1.32 bits per heavy atom. The fourth-order valence-electron chi connectivity index (χ4n) is 3.19. The van der Waals surface area contributed by atoms with E-state index in [0.717, 1.165) is 31.5 Å². The van der Waals surface area contributed by atoms with Gasteiger partial charge in [-0.25, -0.2) is 4.98 Å². The number of carbonyl (C=O) groups is 1. The van der Waals surface area contributed by atoms with Crippen LogP contribution in [0.1, 0.15) is 35.7 Å². The molecule has 6 nitrogen and oxygen atoms in total. The van der Waals surface area contributed by atoms with Crippen LogP contribution >= 0.6 is 12.4 Å². The Morgan fingerprint density at radius 2 is 2.04 bits per heavy atom. The normalized spacial score (nSPS) is 15.2. The Hall–Kier alpha value is -1.92. The molecule has 25 heavy (non-hydrogen) atoms. The second kappa shape index (κ2) is 8.45. The number of aromatic nitrogens is 2. The van der Waals surface area contributed by atoms with Gasteiger partial charge in [-0.15, -0.1) is 12.4 Å². The number of hydrogen-bond acceptors (Lipinski definition) is 4. The first-order valence-electron chi connectivity index (χ1n) is 8.58. The molecular weight excluding hydrogens is 340 g/mol. The van der Waals surface area contributed by atoms with Gasteiger partial charge in [0.1, 0.15) is 11.2 Å². The number of piperidine rings is 1. The van der Waals surface area contributed by atoms with Crippen LogP contribution in [-0.4, -0.2) is 46.4 Å². The summed E-state index contributed by atoms with van der Waals surface area (Å²) in [5.74, 6) is 0.401. The first-order valence-corrected chi connectivity index (χ1v) is 8.58. The highest BCUT2D eigenvalue weighted by atomic mass is 35.5. The zero-order chi connectivity index (χ0) is 17.1. The molecule has 1 aliphatic heterocycles. The molecule has 1 N–H and O–H groups in total. The lowest BCUT2D eigenvalue weighted by molar-refractivity contribution is 0.0688. The van der Waals surface area contributed by atoms with Crippen molar-refractivity contribution < 1.29 is 4.79 Å². The van der Waals surface area contributed by atoms with Gasteiger partial charge in [0.2, 0.25) is 0 Å². The maximum atomic E-state index is 12.7. The van der Waals surface area contributed by atoms with Crippen molar-refractivity contribution in [1.82, 2.24) is 19.6 Å². The lowest BCUT2D eigenvalue weighted by atomic mass is 9.96. The summed E-state index contributed by atoms with van der Waals surface area (Å²) in [6.07, 6.45) is 5.09. The number of halogens is 1. The third-order valence-corrected chi connectivity index (χ3v) is 4.67. The van der Waals surface area contributed by atoms with Crippen LogP contribution in [0.5, 0.6) is 0 Å². The minimum absolute atomic E-state index is 0. The van der Waals surface area contributed by atoms with E-state index in [0.29, 0.717) is 24.7 Å². The van der Waals surface area contributed by atoms with Crippen LogP contribution in [0.15, 0.2) is 29.3 Å². The molecule has 1 amide bonds. The van der Waals surface area contributed by atoms with Crippen molar-refractivity contribution in [2.75, 3.05) is 26.2 Å². The van der Waals surface area contributed by atoms with Crippen molar-refractivity contribution in [1.29, 1.82) is 0 Å². The topological polar surface area (TPSA) is 66.7 Å². The molecule has 7 heteroatoms. The molecule has 136 valence electrons. The summed E-state index contributed by atoms with van der Waals surface area (Å²) < 4.78 is 1.46. The fourth-order valence-corrected chi connectivity index (χ4v) is 3.19. The Bertz CT molecular complexity index is 797. The molecule has 0 unspecified atom stereocenters. The number of rotatable bonds is 4. The summed E-state index contributed by atoms with van der Waals surface area (Å²) in [4.78, 5) is 31.4. The van der Waals surface area contributed by atoms with E-state index in [-0.39, 0.29) is 29.4 Å². The first kappa shape index (κ1) is 19.4. The van der Waals surface area contributed by atoms with Gasteiger partial charge in [-0.1, -0.05) is 13.0 Å². The van der Waals surface area contributed by atoms with Crippen molar-refractivity contribution in [2.24, 2.45) is 5.92 Å². The molecule has 2 aromatic rings. The van der Waals surface area contributed by atoms with Crippen LogP contribution < -0.4 is 10.9 Å². The SMILES string of the molecule is CCNCC1CCN(C(=O)c2cnc3ccc(C)cn3c2=O)CC1.Cl. The summed E-state index contributed by atoms with van der Waals surface area (Å²) in [6, 6.07) is 3.69. The standard InChI is InChI=1S/C18H24N4O2.ClH/c1-3-19-10-14-6-8-21(9-7-14)17(23)15-11-20-16-5-4-13(2)12-22(16)18(15)24;/h4-5,11-12,14,19H,3,6-10H2,1-2H3;1H. The molecule has 0 spiro atoms. The monoisotopic (exact) mass is 364 g/mol. The average Bonchev–Trinajstić information content (AvgIpc) is 2.61. The first-order chi connectivity index (χ1) is 11.6. The van der Waals surface area contributed by atoms with E-state index >= 15 is 0 Å². The minimum atomic E-state index is -0.288. The molecule has 0 saturated carbocycles. The number of fused-ring (bicyclic) bond motifs is 1. The summed E-state index contributed by atoms with van der Waals surface area (Å²) in [5, 5.41) is 3.36. The van der Waals surface area contributed by atoms with Crippen LogP contribution in [0.2, 0.25) is 0 Å². The molecular formula is C18H25ClN4O2. The molecule has 1 fully saturated rings. The number of amides is 1. The van der Waals surface area contributed by atoms with E-state index in [2.05, 4.69) is 17.2 Å². The third-order valence-electron chi connectivity index (χ3n) is 4.67. The van der Waals surface area contributed by atoms with Gasteiger partial charge in [0.25, 0.3) is 11.5 Å². The number of pyridine rings is 1. The lowest BCUT2D eigenvalue weighted by Crippen LogP contribution is -2.42. The Kier molecular flexibility index (Phi) is 6.56. The Morgan fingerprint density at radius 3 is 2.72 bits per heavy atom. The van der Waals surface area contributed by atoms with E-state index in [4.69, 9.17) is 0 Å². The number of hydrogen-bond donors (Lipinski definition) is 1. The van der Waals surface area contributed by atoms with E-state index in [9.17, 15) is 9.59 Å². The fraction of sp³-hybridized carbons (Fsp3) is 0.500. The summed E-state index contributed by atoms with van der Waals surface area (Å²) >= 11 is 0. The predicted octanol–water partition coefficient (Wildman–Crippen LogP) is 1.89. The highest BCUT2D eigenvalue weighted by Crippen LogP contribution is 2.17. The number of carbonyl (C=O) groups excluding carboxylic acids is 1. The number of nitrogens with zero attached hydrogens (tertiary/aromatic N) is 3. The highest BCUT2D eigenvalue weighted by Gasteiger charge is 2.25. The summed E-state index contributed by atoms with van der Waals surface area (Å²) in [7, 11) is 0. The lowest BCUT2D eigenvalue weighted by Gasteiger charge is -2.32. The molecule has 3 heterocycles. The van der Waals surface area contributed by atoms with Crippen LogP contribution in [0, 0.1) is 12.8 Å². The van der Waals surface area contributed by atoms with Gasteiger partial charge in [0.15, 0.2) is 0 Å². The Balaban J connectivity index is 0.00000225. The smallest absolute Gasteiger partial charge is 0.270 e. The van der Waals surface area contributed by atoms with E-state index < -0.39 is 0 Å². The zero-order valence-electron chi connectivity index (χ0n) is 14.7. The third kappa shape index (κ3) is 4.19. The second-order valence-electron chi connectivity index (χ2n) is 6.45. The molecule has 3 rings (SSSR count). The number of likely N-dealkylation sites (tertiary alicyclic amines) is 1. The molecule has 0 aromatic carbocycles. The van der Waals surface area contributed by atoms with E-state index in [1.54, 1.807) is 17.2 Å². The van der Waals surface area contributed by atoms with Gasteiger partial charge in [0.05, 0.1) is 0 Å². The van der Waals surface area contributed by atoms with Crippen molar-refractivity contribution in [2.45, 2.75) is 26.7 Å². The van der Waals surface area contributed by atoms with Crippen LogP contribution in [0.4, 0.5) is 0 Å². The maximum absolute atomic E-state index is 12.7. The van der Waals surface area contributed by atoms with Gasteiger partial charge in [-0.05, 0) is 50.4 Å². The van der Waals surface area contributed by atoms with Crippen molar-refractivity contribution >= 4 is 24.0 Å². The van der Waals surface area contributed by atoms with Gasteiger partial charge in [-0.2, -0.15) is 0 Å².